The van der Waals surface area contributed by atoms with Gasteiger partial charge in [-0.1, -0.05) is 25.6 Å². The molecule has 0 saturated carbocycles. The summed E-state index contributed by atoms with van der Waals surface area (Å²) in [6.45, 7) is 8.53. The molecule has 0 aliphatic rings. The maximum absolute atomic E-state index is 12.2. The van der Waals surface area contributed by atoms with Gasteiger partial charge in [-0.3, -0.25) is 4.79 Å². The lowest BCUT2D eigenvalue weighted by atomic mass is 10.3. The molecule has 25 heavy (non-hydrogen) atoms. The summed E-state index contributed by atoms with van der Waals surface area (Å²) >= 11 is 1.24. The Morgan fingerprint density at radius 3 is 2.36 bits per heavy atom. The molecular weight excluding hydrogens is 360 g/mol. The van der Waals surface area contributed by atoms with Crippen molar-refractivity contribution in [2.75, 3.05) is 30.7 Å². The Kier molecular flexibility index (Phi) is 8.95. The van der Waals surface area contributed by atoms with E-state index in [1.165, 1.54) is 43.0 Å². The second-order valence-corrected chi connectivity index (χ2v) is 8.06. The Balaban J connectivity index is 2.62. The lowest BCUT2D eigenvalue weighted by Gasteiger charge is -2.17. The molecule has 0 atom stereocenters. The first-order chi connectivity index (χ1) is 11.8. The van der Waals surface area contributed by atoms with E-state index in [1.54, 1.807) is 0 Å². The van der Waals surface area contributed by atoms with Crippen molar-refractivity contribution >= 4 is 38.5 Å². The van der Waals surface area contributed by atoms with Crippen LogP contribution in [0, 0.1) is 0 Å². The topological polar surface area (TPSA) is 105 Å². The number of rotatable bonds is 9. The zero-order valence-electron chi connectivity index (χ0n) is 14.9. The fourth-order valence-corrected chi connectivity index (χ4v) is 3.93. The largest absolute Gasteiger partial charge is 0.378 e. The third-order valence-corrected chi connectivity index (χ3v) is 5.75. The van der Waals surface area contributed by atoms with Crippen LogP contribution in [0.1, 0.15) is 27.2 Å². The number of nitrogens with two attached hydrogens (primary N) is 1. The molecule has 1 amide bonds. The Hall–Kier alpha value is -1.58. The van der Waals surface area contributed by atoms with Crippen molar-refractivity contribution in [3.05, 3.63) is 24.3 Å². The van der Waals surface area contributed by atoms with Crippen LogP contribution in [0.5, 0.6) is 0 Å². The molecule has 140 valence electrons. The van der Waals surface area contributed by atoms with E-state index in [0.717, 1.165) is 26.1 Å². The molecular formula is C16H26N4O3S2. The number of nitrogens with zero attached hydrogens (tertiary/aromatic N) is 2. The first-order valence-corrected chi connectivity index (χ1v) is 10.5. The van der Waals surface area contributed by atoms with E-state index in [2.05, 4.69) is 28.5 Å². The number of carbonyl (C=O) groups is 1. The average Bonchev–Trinajstić information content (AvgIpc) is 2.54. The van der Waals surface area contributed by atoms with Crippen LogP contribution >= 0.6 is 11.8 Å². The van der Waals surface area contributed by atoms with Gasteiger partial charge in [-0.05, 0) is 50.3 Å². The Morgan fingerprint density at radius 1 is 1.24 bits per heavy atom. The number of carbonyl (C=O) groups excluding carboxylic acids is 1. The van der Waals surface area contributed by atoms with Gasteiger partial charge in [0, 0.05) is 18.4 Å². The van der Waals surface area contributed by atoms with Gasteiger partial charge in [-0.15, -0.1) is 4.40 Å². The van der Waals surface area contributed by atoms with E-state index in [-0.39, 0.29) is 16.0 Å². The SMILES string of the molecule is CCN(CC)CCCS/C(N)=N/S(=O)(=O)c1ccc(NC(C)=O)cc1. The number of benzene rings is 1. The van der Waals surface area contributed by atoms with Crippen LogP contribution in [0.4, 0.5) is 5.69 Å². The molecule has 9 heteroatoms. The average molecular weight is 387 g/mol. The molecule has 0 aliphatic heterocycles. The zero-order valence-corrected chi connectivity index (χ0v) is 16.5. The number of nitrogens with one attached hydrogen (secondary N) is 1. The molecule has 0 aliphatic carbocycles. The summed E-state index contributed by atoms with van der Waals surface area (Å²) in [5, 5.41) is 2.61. The molecule has 3 N–H and O–H groups in total. The Labute approximate surface area is 154 Å². The van der Waals surface area contributed by atoms with E-state index < -0.39 is 10.0 Å². The summed E-state index contributed by atoms with van der Waals surface area (Å²) in [5.74, 6) is 0.488. The number of hydrogen-bond acceptors (Lipinski definition) is 5. The van der Waals surface area contributed by atoms with Gasteiger partial charge in [-0.2, -0.15) is 8.42 Å². The number of thioether (sulfide) groups is 1. The number of sulfonamides is 1. The van der Waals surface area contributed by atoms with Crippen molar-refractivity contribution in [1.29, 1.82) is 0 Å². The maximum Gasteiger partial charge on any atom is 0.284 e. The zero-order chi connectivity index (χ0) is 18.9. The van der Waals surface area contributed by atoms with Crippen molar-refractivity contribution in [3.63, 3.8) is 0 Å². The minimum absolute atomic E-state index is 0.0329. The predicted octanol–water partition coefficient (Wildman–Crippen LogP) is 2.11. The highest BCUT2D eigenvalue weighted by Gasteiger charge is 2.14. The molecule has 1 rings (SSSR count). The van der Waals surface area contributed by atoms with Crippen LogP contribution in [0.2, 0.25) is 0 Å². The number of anilines is 1. The van der Waals surface area contributed by atoms with Gasteiger partial charge in [0.1, 0.15) is 0 Å². The highest BCUT2D eigenvalue weighted by molar-refractivity contribution is 8.14. The van der Waals surface area contributed by atoms with E-state index in [0.29, 0.717) is 11.4 Å². The molecule has 0 spiro atoms. The van der Waals surface area contributed by atoms with Gasteiger partial charge < -0.3 is 16.0 Å². The van der Waals surface area contributed by atoms with Crippen molar-refractivity contribution in [2.24, 2.45) is 10.1 Å². The minimum atomic E-state index is -3.85. The number of amidine groups is 1. The summed E-state index contributed by atoms with van der Waals surface area (Å²) in [5.41, 5.74) is 6.26. The molecule has 0 aromatic heterocycles. The summed E-state index contributed by atoms with van der Waals surface area (Å²) in [4.78, 5) is 13.3. The molecule has 0 bridgehead atoms. The normalized spacial score (nSPS) is 12.4. The van der Waals surface area contributed by atoms with E-state index in [9.17, 15) is 13.2 Å². The molecule has 0 saturated heterocycles. The van der Waals surface area contributed by atoms with Crippen LogP contribution in [0.25, 0.3) is 0 Å². The van der Waals surface area contributed by atoms with Crippen LogP contribution in [-0.2, 0) is 14.8 Å². The summed E-state index contributed by atoms with van der Waals surface area (Å²) in [7, 11) is -3.85. The molecule has 7 nitrogen and oxygen atoms in total. The van der Waals surface area contributed by atoms with Crippen LogP contribution in [-0.4, -0.2) is 49.8 Å². The van der Waals surface area contributed by atoms with Crippen molar-refractivity contribution < 1.29 is 13.2 Å². The second-order valence-electron chi connectivity index (χ2n) is 5.34. The van der Waals surface area contributed by atoms with E-state index in [4.69, 9.17) is 5.73 Å². The quantitative estimate of drug-likeness (QED) is 0.383. The van der Waals surface area contributed by atoms with Crippen molar-refractivity contribution in [1.82, 2.24) is 4.90 Å². The molecule has 0 heterocycles. The van der Waals surface area contributed by atoms with Crippen molar-refractivity contribution in [2.45, 2.75) is 32.1 Å². The van der Waals surface area contributed by atoms with Gasteiger partial charge in [0.05, 0.1) is 4.90 Å². The molecule has 0 fully saturated rings. The second kappa shape index (κ2) is 10.4. The lowest BCUT2D eigenvalue weighted by Crippen LogP contribution is -2.24. The summed E-state index contributed by atoms with van der Waals surface area (Å²) < 4.78 is 28.1. The lowest BCUT2D eigenvalue weighted by molar-refractivity contribution is -0.114. The Bertz CT molecular complexity index is 684. The summed E-state index contributed by atoms with van der Waals surface area (Å²) in [6.07, 6.45) is 0.911. The minimum Gasteiger partial charge on any atom is -0.378 e. The highest BCUT2D eigenvalue weighted by atomic mass is 32.2. The highest BCUT2D eigenvalue weighted by Crippen LogP contribution is 2.17. The van der Waals surface area contributed by atoms with Gasteiger partial charge in [0.15, 0.2) is 5.17 Å². The first-order valence-electron chi connectivity index (χ1n) is 8.11. The number of amides is 1. The first kappa shape index (κ1) is 21.5. The fraction of sp³-hybridized carbons (Fsp3) is 0.500. The molecule has 1 aromatic carbocycles. The third-order valence-electron chi connectivity index (χ3n) is 3.45. The molecule has 1 aromatic rings. The van der Waals surface area contributed by atoms with E-state index in [1.807, 2.05) is 0 Å². The Morgan fingerprint density at radius 2 is 1.84 bits per heavy atom. The van der Waals surface area contributed by atoms with Crippen LogP contribution < -0.4 is 11.1 Å². The monoisotopic (exact) mass is 386 g/mol. The third kappa shape index (κ3) is 7.89. The van der Waals surface area contributed by atoms with Crippen LogP contribution in [0.3, 0.4) is 0 Å². The van der Waals surface area contributed by atoms with Crippen molar-refractivity contribution in [3.8, 4) is 0 Å². The standard InChI is InChI=1S/C16H26N4O3S2/c1-4-20(5-2)11-6-12-24-16(17)19-25(22,23)15-9-7-14(8-10-15)18-13(3)21/h7-10H,4-6,11-12H2,1-3H3,(H2,17,19)(H,18,21). The van der Waals surface area contributed by atoms with E-state index >= 15 is 0 Å². The molecule has 0 radical (unpaired) electrons. The predicted molar refractivity (Wildman–Crippen MR) is 104 cm³/mol. The van der Waals surface area contributed by atoms with Gasteiger partial charge in [0.2, 0.25) is 5.91 Å². The smallest absolute Gasteiger partial charge is 0.284 e. The number of hydrogen-bond donors (Lipinski definition) is 2. The van der Waals surface area contributed by atoms with Gasteiger partial charge in [0.25, 0.3) is 10.0 Å². The fourth-order valence-electron chi connectivity index (χ4n) is 2.12. The van der Waals surface area contributed by atoms with Crippen LogP contribution in [0.15, 0.2) is 33.6 Å². The van der Waals surface area contributed by atoms with Gasteiger partial charge >= 0.3 is 0 Å². The molecule has 0 unspecified atom stereocenters. The van der Waals surface area contributed by atoms with Gasteiger partial charge in [-0.25, -0.2) is 0 Å². The summed E-state index contributed by atoms with van der Waals surface area (Å²) in [6, 6.07) is 5.80. The maximum atomic E-state index is 12.2.